The minimum absolute atomic E-state index is 0.00879. The Morgan fingerprint density at radius 1 is 1.57 bits per heavy atom. The number of piperazine rings is 1. The highest BCUT2D eigenvalue weighted by Crippen LogP contribution is 2.10. The minimum atomic E-state index is -0.323. The molecular weight excluding hydrogens is 274 g/mol. The Kier molecular flexibility index (Phi) is 4.92. The van der Waals surface area contributed by atoms with Crippen molar-refractivity contribution in [2.45, 2.75) is 13.0 Å². The average Bonchev–Trinajstić information content (AvgIpc) is 2.83. The van der Waals surface area contributed by atoms with E-state index in [0.717, 1.165) is 6.54 Å². The molecule has 0 bridgehead atoms. The summed E-state index contributed by atoms with van der Waals surface area (Å²) in [7, 11) is 3.43. The van der Waals surface area contributed by atoms with Gasteiger partial charge in [-0.25, -0.2) is 0 Å². The zero-order chi connectivity index (χ0) is 15.4. The maximum Gasteiger partial charge on any atom is 0.240 e. The molecule has 116 valence electrons. The monoisotopic (exact) mass is 295 g/mol. The van der Waals surface area contributed by atoms with Crippen LogP contribution in [0, 0.1) is 6.92 Å². The van der Waals surface area contributed by atoms with Crippen molar-refractivity contribution in [1.82, 2.24) is 20.3 Å². The molecule has 2 N–H and O–H groups in total. The molecule has 1 aliphatic rings. The van der Waals surface area contributed by atoms with Crippen LogP contribution in [-0.4, -0.2) is 73.1 Å². The Morgan fingerprint density at radius 2 is 2.33 bits per heavy atom. The van der Waals surface area contributed by atoms with Crippen molar-refractivity contribution in [3.8, 4) is 0 Å². The van der Waals surface area contributed by atoms with Gasteiger partial charge in [0, 0.05) is 39.8 Å². The van der Waals surface area contributed by atoms with E-state index in [-0.39, 0.29) is 24.4 Å². The van der Waals surface area contributed by atoms with Gasteiger partial charge in [0.2, 0.25) is 17.7 Å². The smallest absolute Gasteiger partial charge is 0.240 e. The quantitative estimate of drug-likeness (QED) is 0.762. The predicted molar refractivity (Wildman–Crippen MR) is 76.8 cm³/mol. The number of carbonyl (C=O) groups is 2. The van der Waals surface area contributed by atoms with Crippen molar-refractivity contribution in [3.05, 3.63) is 11.8 Å². The minimum Gasteiger partial charge on any atom is -0.347 e. The van der Waals surface area contributed by atoms with E-state index in [1.54, 1.807) is 32.0 Å². The lowest BCUT2D eigenvalue weighted by molar-refractivity contribution is -0.135. The lowest BCUT2D eigenvalue weighted by Gasteiger charge is -2.35. The fourth-order valence-electron chi connectivity index (χ4n) is 2.26. The number of likely N-dealkylation sites (N-methyl/N-ethyl adjacent to an activating group) is 1. The van der Waals surface area contributed by atoms with E-state index in [1.165, 1.54) is 0 Å². The lowest BCUT2D eigenvalue weighted by Crippen LogP contribution is -2.58. The highest BCUT2D eigenvalue weighted by Gasteiger charge is 2.30. The Morgan fingerprint density at radius 3 is 2.95 bits per heavy atom. The van der Waals surface area contributed by atoms with Gasteiger partial charge < -0.3 is 14.7 Å². The van der Waals surface area contributed by atoms with Gasteiger partial charge in [0.1, 0.15) is 6.04 Å². The number of nitrogens with zero attached hydrogens (tertiary/aromatic N) is 3. The first kappa shape index (κ1) is 15.5. The average molecular weight is 295 g/mol. The molecule has 8 nitrogen and oxygen atoms in total. The summed E-state index contributed by atoms with van der Waals surface area (Å²) in [5.74, 6) is 0.0956. The van der Waals surface area contributed by atoms with E-state index in [0.29, 0.717) is 24.7 Å². The zero-order valence-corrected chi connectivity index (χ0v) is 12.5. The SMILES string of the molecule is Cc1cc(NC(=O)CN2CCNCC2C(=O)N(C)C)on1. The van der Waals surface area contributed by atoms with Gasteiger partial charge in [-0.3, -0.25) is 19.8 Å². The molecule has 2 amide bonds. The Bertz CT molecular complexity index is 514. The third-order valence-corrected chi connectivity index (χ3v) is 3.32. The van der Waals surface area contributed by atoms with Crippen LogP contribution in [0.1, 0.15) is 5.69 Å². The molecule has 1 saturated heterocycles. The Hall–Kier alpha value is -1.93. The highest BCUT2D eigenvalue weighted by molar-refractivity contribution is 5.91. The van der Waals surface area contributed by atoms with Gasteiger partial charge in [-0.15, -0.1) is 0 Å². The van der Waals surface area contributed by atoms with Crippen molar-refractivity contribution in [1.29, 1.82) is 0 Å². The van der Waals surface area contributed by atoms with Crippen LogP contribution < -0.4 is 10.6 Å². The fraction of sp³-hybridized carbons (Fsp3) is 0.615. The number of aryl methyl sites for hydroxylation is 1. The molecule has 0 aliphatic carbocycles. The number of nitrogens with one attached hydrogen (secondary N) is 2. The topological polar surface area (TPSA) is 90.7 Å². The molecule has 1 aliphatic heterocycles. The molecule has 0 spiro atoms. The second kappa shape index (κ2) is 6.68. The summed E-state index contributed by atoms with van der Waals surface area (Å²) >= 11 is 0. The second-order valence-corrected chi connectivity index (χ2v) is 5.30. The van der Waals surface area contributed by atoms with Gasteiger partial charge >= 0.3 is 0 Å². The standard InChI is InChI=1S/C13H21N5O3/c1-9-6-12(21-16-9)15-11(19)8-18-5-4-14-7-10(18)13(20)17(2)3/h6,10,14H,4-5,7-8H2,1-3H3,(H,15,19). The molecule has 1 unspecified atom stereocenters. The van der Waals surface area contributed by atoms with Crippen LogP contribution in [0.2, 0.25) is 0 Å². The molecule has 2 heterocycles. The van der Waals surface area contributed by atoms with E-state index in [4.69, 9.17) is 4.52 Å². The number of aromatic nitrogens is 1. The molecule has 1 aromatic heterocycles. The Labute approximate surface area is 123 Å². The van der Waals surface area contributed by atoms with Crippen molar-refractivity contribution >= 4 is 17.7 Å². The van der Waals surface area contributed by atoms with Crippen molar-refractivity contribution in [2.75, 3.05) is 45.6 Å². The summed E-state index contributed by atoms with van der Waals surface area (Å²) in [6, 6.07) is 1.33. The van der Waals surface area contributed by atoms with Crippen LogP contribution in [0.4, 0.5) is 5.88 Å². The number of rotatable bonds is 4. The Balaban J connectivity index is 1.95. The third kappa shape index (κ3) is 4.02. The van der Waals surface area contributed by atoms with Crippen LogP contribution in [0.3, 0.4) is 0 Å². The van der Waals surface area contributed by atoms with E-state index < -0.39 is 0 Å². The first-order valence-electron chi connectivity index (χ1n) is 6.86. The maximum atomic E-state index is 12.1. The van der Waals surface area contributed by atoms with E-state index in [2.05, 4.69) is 15.8 Å². The molecule has 0 saturated carbocycles. The molecule has 2 rings (SSSR count). The molecule has 0 radical (unpaired) electrons. The molecule has 21 heavy (non-hydrogen) atoms. The summed E-state index contributed by atoms with van der Waals surface area (Å²) in [4.78, 5) is 27.6. The summed E-state index contributed by atoms with van der Waals surface area (Å²) < 4.78 is 4.95. The third-order valence-electron chi connectivity index (χ3n) is 3.32. The first-order valence-corrected chi connectivity index (χ1v) is 6.86. The molecule has 1 atom stereocenters. The van der Waals surface area contributed by atoms with E-state index in [9.17, 15) is 9.59 Å². The molecule has 1 fully saturated rings. The van der Waals surface area contributed by atoms with Crippen molar-refractivity contribution in [2.24, 2.45) is 0 Å². The van der Waals surface area contributed by atoms with Gasteiger partial charge in [-0.1, -0.05) is 5.16 Å². The predicted octanol–water partition coefficient (Wildman–Crippen LogP) is -0.716. The number of anilines is 1. The fourth-order valence-corrected chi connectivity index (χ4v) is 2.26. The number of hydrogen-bond acceptors (Lipinski definition) is 6. The summed E-state index contributed by atoms with van der Waals surface area (Å²) in [5.41, 5.74) is 0.702. The normalized spacial score (nSPS) is 19.3. The van der Waals surface area contributed by atoms with Gasteiger partial charge in [0.15, 0.2) is 0 Å². The van der Waals surface area contributed by atoms with Gasteiger partial charge in [-0.05, 0) is 6.92 Å². The zero-order valence-electron chi connectivity index (χ0n) is 12.5. The van der Waals surface area contributed by atoms with Crippen LogP contribution in [-0.2, 0) is 9.59 Å². The summed E-state index contributed by atoms with van der Waals surface area (Å²) in [6.07, 6.45) is 0. The molecule has 0 aromatic carbocycles. The summed E-state index contributed by atoms with van der Waals surface area (Å²) in [6.45, 7) is 3.87. The van der Waals surface area contributed by atoms with E-state index >= 15 is 0 Å². The number of hydrogen-bond donors (Lipinski definition) is 2. The van der Waals surface area contributed by atoms with Crippen molar-refractivity contribution < 1.29 is 14.1 Å². The van der Waals surface area contributed by atoms with Gasteiger partial charge in [-0.2, -0.15) is 0 Å². The molecule has 1 aromatic rings. The lowest BCUT2D eigenvalue weighted by atomic mass is 10.1. The van der Waals surface area contributed by atoms with E-state index in [1.807, 2.05) is 4.90 Å². The van der Waals surface area contributed by atoms with Crippen LogP contribution in [0.5, 0.6) is 0 Å². The molecular formula is C13H21N5O3. The molecule has 8 heteroatoms. The highest BCUT2D eigenvalue weighted by atomic mass is 16.5. The van der Waals surface area contributed by atoms with Crippen molar-refractivity contribution in [3.63, 3.8) is 0 Å². The number of amides is 2. The first-order chi connectivity index (χ1) is 9.97. The maximum absolute atomic E-state index is 12.1. The van der Waals surface area contributed by atoms with Gasteiger partial charge in [0.25, 0.3) is 0 Å². The van der Waals surface area contributed by atoms with Crippen LogP contribution in [0.15, 0.2) is 10.6 Å². The second-order valence-electron chi connectivity index (χ2n) is 5.30. The largest absolute Gasteiger partial charge is 0.347 e. The van der Waals surface area contributed by atoms with Gasteiger partial charge in [0.05, 0.1) is 12.2 Å². The number of carbonyl (C=O) groups excluding carboxylic acids is 2. The van der Waals surface area contributed by atoms with Crippen LogP contribution >= 0.6 is 0 Å². The van der Waals surface area contributed by atoms with Crippen LogP contribution in [0.25, 0.3) is 0 Å². The summed E-state index contributed by atoms with van der Waals surface area (Å²) in [5, 5.41) is 9.53.